The molecule has 1 saturated heterocycles. The van der Waals surface area contributed by atoms with Gasteiger partial charge in [-0.3, -0.25) is 14.3 Å². The van der Waals surface area contributed by atoms with Gasteiger partial charge in [-0.05, 0) is 0 Å². The van der Waals surface area contributed by atoms with Gasteiger partial charge in [-0.1, -0.05) is 0 Å². The van der Waals surface area contributed by atoms with Gasteiger partial charge in [0.05, 0.1) is 19.1 Å². The Bertz CT molecular complexity index is 658. The summed E-state index contributed by atoms with van der Waals surface area (Å²) in [5, 5.41) is 19.0. The van der Waals surface area contributed by atoms with Crippen molar-refractivity contribution < 1.29 is 14.9 Å². The molecule has 1 fully saturated rings. The minimum absolute atomic E-state index is 0.00776. The van der Waals surface area contributed by atoms with E-state index in [1.165, 1.54) is 0 Å². The van der Waals surface area contributed by atoms with E-state index in [4.69, 9.17) is 22.0 Å². The summed E-state index contributed by atoms with van der Waals surface area (Å²) < 4.78 is 6.61. The second kappa shape index (κ2) is 5.13. The molecule has 3 atom stereocenters. The predicted molar refractivity (Wildman–Crippen MR) is 69.7 cm³/mol. The lowest BCUT2D eigenvalue weighted by Crippen LogP contribution is -2.44. The van der Waals surface area contributed by atoms with E-state index in [9.17, 15) is 14.7 Å². The molecule has 1 aromatic heterocycles. The van der Waals surface area contributed by atoms with Crippen molar-refractivity contribution in [3.8, 4) is 12.3 Å². The topological polar surface area (TPSA) is 131 Å². The maximum atomic E-state index is 11.9. The van der Waals surface area contributed by atoms with Gasteiger partial charge in [0.1, 0.15) is 11.8 Å². The number of hydrogen-bond donors (Lipinski definition) is 4. The van der Waals surface area contributed by atoms with E-state index < -0.39 is 35.8 Å². The van der Waals surface area contributed by atoms with Gasteiger partial charge in [-0.25, -0.2) is 4.79 Å². The number of hydrogen-bond acceptors (Lipinski definition) is 6. The molecule has 0 bridgehead atoms. The number of terminal acetylenes is 1. The van der Waals surface area contributed by atoms with Crippen molar-refractivity contribution in [1.29, 1.82) is 0 Å². The van der Waals surface area contributed by atoms with Crippen LogP contribution in [0.1, 0.15) is 12.8 Å². The van der Waals surface area contributed by atoms with Crippen LogP contribution in [0.3, 0.4) is 0 Å². The zero-order valence-corrected chi connectivity index (χ0v) is 10.6. The van der Waals surface area contributed by atoms with Gasteiger partial charge in [0.15, 0.2) is 5.72 Å². The summed E-state index contributed by atoms with van der Waals surface area (Å²) in [6.45, 7) is -0.416. The molecule has 0 radical (unpaired) electrons. The SMILES string of the molecule is C#CC[C@]1(n2cc(N)c(=O)[nH]c2=O)C[C@H](O)[C@@H](CO)O1. The highest BCUT2D eigenvalue weighted by molar-refractivity contribution is 5.30. The van der Waals surface area contributed by atoms with Crippen LogP contribution in [-0.2, 0) is 10.5 Å². The Kier molecular flexibility index (Phi) is 3.67. The average molecular weight is 281 g/mol. The number of aliphatic hydroxyl groups is 2. The van der Waals surface area contributed by atoms with Gasteiger partial charge in [0.2, 0.25) is 0 Å². The third kappa shape index (κ3) is 2.22. The van der Waals surface area contributed by atoms with E-state index in [1.807, 2.05) is 4.98 Å². The summed E-state index contributed by atoms with van der Waals surface area (Å²) in [5.41, 5.74) is 2.53. The smallest absolute Gasteiger partial charge is 0.330 e. The van der Waals surface area contributed by atoms with E-state index in [0.29, 0.717) is 0 Å². The molecule has 2 heterocycles. The van der Waals surface area contributed by atoms with Crippen molar-refractivity contribution in [3.05, 3.63) is 27.0 Å². The third-order valence-electron chi connectivity index (χ3n) is 3.29. The normalized spacial score (nSPS) is 29.2. The molecule has 0 saturated carbocycles. The number of nitrogens with zero attached hydrogens (tertiary/aromatic N) is 1. The zero-order chi connectivity index (χ0) is 14.9. The molecule has 0 aliphatic carbocycles. The first-order valence-corrected chi connectivity index (χ1v) is 5.95. The van der Waals surface area contributed by atoms with Crippen molar-refractivity contribution in [2.24, 2.45) is 0 Å². The quantitative estimate of drug-likeness (QED) is 0.471. The highest BCUT2D eigenvalue weighted by atomic mass is 16.6. The Balaban J connectivity index is 2.56. The van der Waals surface area contributed by atoms with Crippen LogP contribution in [0.2, 0.25) is 0 Å². The van der Waals surface area contributed by atoms with Crippen LogP contribution < -0.4 is 17.0 Å². The van der Waals surface area contributed by atoms with Crippen LogP contribution in [0.25, 0.3) is 0 Å². The summed E-state index contributed by atoms with van der Waals surface area (Å²) in [5.74, 6) is 2.37. The molecule has 1 aliphatic rings. The summed E-state index contributed by atoms with van der Waals surface area (Å²) in [6.07, 6.45) is 4.57. The molecule has 5 N–H and O–H groups in total. The number of H-pyrrole nitrogens is 1. The lowest BCUT2D eigenvalue weighted by molar-refractivity contribution is -0.116. The fourth-order valence-electron chi connectivity index (χ4n) is 2.33. The zero-order valence-electron chi connectivity index (χ0n) is 10.6. The number of rotatable bonds is 3. The Morgan fingerprint density at radius 2 is 2.35 bits per heavy atom. The van der Waals surface area contributed by atoms with Crippen LogP contribution >= 0.6 is 0 Å². The minimum Gasteiger partial charge on any atom is -0.394 e. The first-order chi connectivity index (χ1) is 9.43. The molecule has 1 aliphatic heterocycles. The van der Waals surface area contributed by atoms with Crippen LogP contribution in [-0.4, -0.2) is 38.6 Å². The van der Waals surface area contributed by atoms with E-state index in [1.54, 1.807) is 0 Å². The number of nitrogens with one attached hydrogen (secondary N) is 1. The minimum atomic E-state index is -1.34. The van der Waals surface area contributed by atoms with Crippen molar-refractivity contribution >= 4 is 5.69 Å². The number of anilines is 1. The number of nitrogens with two attached hydrogens (primary N) is 1. The van der Waals surface area contributed by atoms with Crippen molar-refractivity contribution in [2.75, 3.05) is 12.3 Å². The standard InChI is InChI=1S/C12H15N3O5/c1-2-3-12(4-8(17)9(6-16)20-12)15-5-7(13)10(18)14-11(15)19/h1,5,8-9,16-17H,3-4,6,13H2,(H,14,18,19)/t8-,9+,12+/m0/s1. The summed E-state index contributed by atoms with van der Waals surface area (Å²) in [4.78, 5) is 25.3. The number of aromatic amines is 1. The lowest BCUT2D eigenvalue weighted by Gasteiger charge is -2.29. The Hall–Kier alpha value is -2.08. The largest absolute Gasteiger partial charge is 0.394 e. The Morgan fingerprint density at radius 3 is 2.90 bits per heavy atom. The molecule has 8 nitrogen and oxygen atoms in total. The molecule has 1 aromatic rings. The highest BCUT2D eigenvalue weighted by Crippen LogP contribution is 2.36. The first kappa shape index (κ1) is 14.3. The van der Waals surface area contributed by atoms with Gasteiger partial charge >= 0.3 is 5.69 Å². The van der Waals surface area contributed by atoms with E-state index in [2.05, 4.69) is 5.92 Å². The summed E-state index contributed by atoms with van der Waals surface area (Å²) >= 11 is 0. The average Bonchev–Trinajstić information content (AvgIpc) is 2.71. The molecular weight excluding hydrogens is 266 g/mol. The maximum Gasteiger partial charge on any atom is 0.330 e. The molecule has 0 aromatic carbocycles. The molecule has 2 rings (SSSR count). The van der Waals surface area contributed by atoms with Crippen LogP contribution in [0.4, 0.5) is 5.69 Å². The number of aliphatic hydroxyl groups excluding tert-OH is 2. The molecule has 0 amide bonds. The Labute approximate surface area is 113 Å². The molecule has 0 spiro atoms. The number of nitrogen functional groups attached to an aromatic ring is 1. The Morgan fingerprint density at radius 1 is 1.65 bits per heavy atom. The van der Waals surface area contributed by atoms with Gasteiger partial charge < -0.3 is 20.7 Å². The van der Waals surface area contributed by atoms with Crippen molar-refractivity contribution in [3.63, 3.8) is 0 Å². The molecule has 20 heavy (non-hydrogen) atoms. The van der Waals surface area contributed by atoms with E-state index in [-0.39, 0.29) is 18.5 Å². The monoisotopic (exact) mass is 281 g/mol. The van der Waals surface area contributed by atoms with Crippen LogP contribution in [0.15, 0.2) is 15.8 Å². The van der Waals surface area contributed by atoms with E-state index in [0.717, 1.165) is 10.8 Å². The molecule has 108 valence electrons. The second-order valence-electron chi connectivity index (χ2n) is 4.65. The highest BCUT2D eigenvalue weighted by Gasteiger charge is 2.47. The van der Waals surface area contributed by atoms with Crippen LogP contribution in [0.5, 0.6) is 0 Å². The van der Waals surface area contributed by atoms with Crippen molar-refractivity contribution in [2.45, 2.75) is 30.8 Å². The molecule has 0 unspecified atom stereocenters. The third-order valence-corrected chi connectivity index (χ3v) is 3.29. The van der Waals surface area contributed by atoms with Gasteiger partial charge in [-0.15, -0.1) is 12.3 Å². The van der Waals surface area contributed by atoms with Crippen LogP contribution in [0, 0.1) is 12.3 Å². The van der Waals surface area contributed by atoms with Gasteiger partial charge in [0, 0.05) is 12.6 Å². The second-order valence-corrected chi connectivity index (χ2v) is 4.65. The van der Waals surface area contributed by atoms with E-state index >= 15 is 0 Å². The maximum absolute atomic E-state index is 11.9. The molecular formula is C12H15N3O5. The first-order valence-electron chi connectivity index (χ1n) is 5.95. The van der Waals surface area contributed by atoms with Gasteiger partial charge in [0.25, 0.3) is 5.56 Å². The fourth-order valence-corrected chi connectivity index (χ4v) is 2.33. The van der Waals surface area contributed by atoms with Gasteiger partial charge in [-0.2, -0.15) is 0 Å². The summed E-state index contributed by atoms with van der Waals surface area (Å²) in [7, 11) is 0. The number of aromatic nitrogens is 2. The fraction of sp³-hybridized carbons (Fsp3) is 0.500. The molecule has 8 heteroatoms. The summed E-state index contributed by atoms with van der Waals surface area (Å²) in [6, 6.07) is 0. The number of ether oxygens (including phenoxy) is 1. The predicted octanol–water partition coefficient (Wildman–Crippen LogP) is -2.06. The van der Waals surface area contributed by atoms with Crippen molar-refractivity contribution in [1.82, 2.24) is 9.55 Å². The lowest BCUT2D eigenvalue weighted by atomic mass is 10.0.